The number of ether oxygens (including phenoxy) is 1. The molecule has 130 valence electrons. The molecular formula is C21H19N3O2. The van der Waals surface area contributed by atoms with Gasteiger partial charge in [0.25, 0.3) is 5.91 Å². The third-order valence-electron chi connectivity index (χ3n) is 4.06. The summed E-state index contributed by atoms with van der Waals surface area (Å²) in [5.74, 6) is 0.432. The number of carbonyl (C=O) groups is 1. The van der Waals surface area contributed by atoms with Crippen LogP contribution in [-0.4, -0.2) is 10.9 Å². The van der Waals surface area contributed by atoms with Gasteiger partial charge in [0, 0.05) is 11.9 Å². The van der Waals surface area contributed by atoms with Gasteiger partial charge in [0.1, 0.15) is 18.4 Å². The van der Waals surface area contributed by atoms with Crippen molar-refractivity contribution in [2.45, 2.75) is 19.6 Å². The highest BCUT2D eigenvalue weighted by Gasteiger charge is 2.17. The number of aromatic nitrogens is 1. The van der Waals surface area contributed by atoms with Crippen LogP contribution >= 0.6 is 0 Å². The van der Waals surface area contributed by atoms with Gasteiger partial charge in [0.05, 0.1) is 11.6 Å². The normalized spacial score (nSPS) is 11.4. The fourth-order valence-corrected chi connectivity index (χ4v) is 2.60. The number of amides is 1. The average Bonchev–Trinajstić information content (AvgIpc) is 3.12. The number of nitriles is 1. The van der Waals surface area contributed by atoms with Crippen molar-refractivity contribution in [3.8, 4) is 11.8 Å². The van der Waals surface area contributed by atoms with E-state index in [2.05, 4.69) is 16.4 Å². The third-order valence-corrected chi connectivity index (χ3v) is 4.06. The number of nitrogens with one attached hydrogen (secondary N) is 2. The number of hydrogen-bond donors (Lipinski definition) is 2. The van der Waals surface area contributed by atoms with E-state index in [4.69, 9.17) is 4.74 Å². The van der Waals surface area contributed by atoms with E-state index in [9.17, 15) is 10.1 Å². The van der Waals surface area contributed by atoms with Gasteiger partial charge in [0.2, 0.25) is 0 Å². The Labute approximate surface area is 152 Å². The van der Waals surface area contributed by atoms with Crippen LogP contribution in [0.25, 0.3) is 0 Å². The largest absolute Gasteiger partial charge is 0.489 e. The number of aryl methyl sites for hydroxylation is 1. The Bertz CT molecular complexity index is 908. The summed E-state index contributed by atoms with van der Waals surface area (Å²) >= 11 is 0. The lowest BCUT2D eigenvalue weighted by Gasteiger charge is -2.13. The van der Waals surface area contributed by atoms with Crippen LogP contribution < -0.4 is 10.1 Å². The molecule has 5 nitrogen and oxygen atoms in total. The molecule has 1 heterocycles. The smallest absolute Gasteiger partial charge is 0.254 e. The van der Waals surface area contributed by atoms with Crippen LogP contribution in [0.3, 0.4) is 0 Å². The first-order chi connectivity index (χ1) is 12.7. The first-order valence-corrected chi connectivity index (χ1v) is 8.28. The number of rotatable bonds is 6. The molecule has 0 saturated heterocycles. The SMILES string of the molecule is Cc1[nH]ccc1C(=O)NC(C#N)c1ccc(OCc2ccccc2)cc1. The van der Waals surface area contributed by atoms with E-state index in [0.717, 1.165) is 11.3 Å². The molecule has 1 unspecified atom stereocenters. The standard InChI is InChI=1S/C21H19N3O2/c1-15-19(11-12-23-15)21(25)24-20(13-22)17-7-9-18(10-8-17)26-14-16-5-3-2-4-6-16/h2-12,20,23H,14H2,1H3,(H,24,25). The maximum absolute atomic E-state index is 12.3. The van der Waals surface area contributed by atoms with E-state index in [1.807, 2.05) is 37.3 Å². The van der Waals surface area contributed by atoms with E-state index in [1.165, 1.54) is 0 Å². The van der Waals surface area contributed by atoms with Crippen molar-refractivity contribution in [2.75, 3.05) is 0 Å². The second-order valence-electron chi connectivity index (χ2n) is 5.90. The van der Waals surface area contributed by atoms with Crippen molar-refractivity contribution in [3.05, 3.63) is 89.2 Å². The van der Waals surface area contributed by atoms with Gasteiger partial charge in [-0.1, -0.05) is 42.5 Å². The molecule has 2 N–H and O–H groups in total. The quantitative estimate of drug-likeness (QED) is 0.711. The summed E-state index contributed by atoms with van der Waals surface area (Å²) in [7, 11) is 0. The van der Waals surface area contributed by atoms with Gasteiger partial charge in [-0.3, -0.25) is 4.79 Å². The summed E-state index contributed by atoms with van der Waals surface area (Å²) in [4.78, 5) is 15.2. The zero-order valence-corrected chi connectivity index (χ0v) is 14.4. The van der Waals surface area contributed by atoms with Gasteiger partial charge in [-0.05, 0) is 36.2 Å². The third kappa shape index (κ3) is 4.11. The van der Waals surface area contributed by atoms with Gasteiger partial charge >= 0.3 is 0 Å². The monoisotopic (exact) mass is 345 g/mol. The summed E-state index contributed by atoms with van der Waals surface area (Å²) in [5, 5.41) is 12.2. The van der Waals surface area contributed by atoms with Gasteiger partial charge in [-0.15, -0.1) is 0 Å². The minimum atomic E-state index is -0.722. The molecule has 0 saturated carbocycles. The van der Waals surface area contributed by atoms with Crippen LogP contribution in [0.15, 0.2) is 66.9 Å². The summed E-state index contributed by atoms with van der Waals surface area (Å²) in [6.07, 6.45) is 1.70. The first kappa shape index (κ1) is 17.3. The van der Waals surface area contributed by atoms with Crippen molar-refractivity contribution in [3.63, 3.8) is 0 Å². The highest BCUT2D eigenvalue weighted by molar-refractivity contribution is 5.95. The number of benzene rings is 2. The molecule has 0 aliphatic rings. The Morgan fingerprint density at radius 2 is 1.88 bits per heavy atom. The molecular weight excluding hydrogens is 326 g/mol. The lowest BCUT2D eigenvalue weighted by Crippen LogP contribution is -2.27. The van der Waals surface area contributed by atoms with E-state index in [0.29, 0.717) is 23.5 Å². The number of hydrogen-bond acceptors (Lipinski definition) is 3. The fraction of sp³-hybridized carbons (Fsp3) is 0.143. The minimum absolute atomic E-state index is 0.278. The number of carbonyl (C=O) groups excluding carboxylic acids is 1. The average molecular weight is 345 g/mol. The molecule has 3 rings (SSSR count). The van der Waals surface area contributed by atoms with Gasteiger partial charge in [-0.2, -0.15) is 5.26 Å². The van der Waals surface area contributed by atoms with Crippen molar-refractivity contribution < 1.29 is 9.53 Å². The Kier molecular flexibility index (Phi) is 5.35. The Morgan fingerprint density at radius 3 is 2.50 bits per heavy atom. The molecule has 5 heteroatoms. The molecule has 0 aliphatic heterocycles. The molecule has 1 atom stereocenters. The van der Waals surface area contributed by atoms with Crippen LogP contribution in [-0.2, 0) is 6.61 Å². The predicted octanol–water partition coefficient (Wildman–Crippen LogP) is 3.90. The van der Waals surface area contributed by atoms with Gasteiger partial charge in [0.15, 0.2) is 0 Å². The zero-order chi connectivity index (χ0) is 18.4. The van der Waals surface area contributed by atoms with Crippen molar-refractivity contribution in [1.82, 2.24) is 10.3 Å². The molecule has 1 aromatic heterocycles. The molecule has 2 aromatic carbocycles. The van der Waals surface area contributed by atoms with E-state index >= 15 is 0 Å². The predicted molar refractivity (Wildman–Crippen MR) is 98.6 cm³/mol. The van der Waals surface area contributed by atoms with Crippen molar-refractivity contribution in [1.29, 1.82) is 5.26 Å². The van der Waals surface area contributed by atoms with Crippen LogP contribution in [0.5, 0.6) is 5.75 Å². The van der Waals surface area contributed by atoms with Crippen LogP contribution in [0.1, 0.15) is 33.2 Å². The second-order valence-corrected chi connectivity index (χ2v) is 5.90. The fourth-order valence-electron chi connectivity index (χ4n) is 2.60. The lowest BCUT2D eigenvalue weighted by atomic mass is 10.1. The Hall–Kier alpha value is -3.52. The molecule has 1 amide bonds. The Balaban J connectivity index is 1.63. The second kappa shape index (κ2) is 8.04. The lowest BCUT2D eigenvalue weighted by molar-refractivity contribution is 0.0944. The maximum atomic E-state index is 12.3. The summed E-state index contributed by atoms with van der Waals surface area (Å²) in [6.45, 7) is 2.29. The van der Waals surface area contributed by atoms with Crippen molar-refractivity contribution >= 4 is 5.91 Å². The van der Waals surface area contributed by atoms with E-state index in [1.54, 1.807) is 36.5 Å². The molecule has 26 heavy (non-hydrogen) atoms. The number of nitrogens with zero attached hydrogens (tertiary/aromatic N) is 1. The molecule has 0 aliphatic carbocycles. The summed E-state index contributed by atoms with van der Waals surface area (Å²) < 4.78 is 5.74. The van der Waals surface area contributed by atoms with Gasteiger partial charge in [-0.25, -0.2) is 0 Å². The molecule has 0 fully saturated rings. The topological polar surface area (TPSA) is 77.9 Å². The highest BCUT2D eigenvalue weighted by Crippen LogP contribution is 2.19. The first-order valence-electron chi connectivity index (χ1n) is 8.28. The molecule has 3 aromatic rings. The van der Waals surface area contributed by atoms with E-state index in [-0.39, 0.29) is 5.91 Å². The minimum Gasteiger partial charge on any atom is -0.489 e. The van der Waals surface area contributed by atoms with E-state index < -0.39 is 6.04 Å². The summed E-state index contributed by atoms with van der Waals surface area (Å²) in [5.41, 5.74) is 3.10. The molecule has 0 radical (unpaired) electrons. The van der Waals surface area contributed by atoms with Crippen LogP contribution in [0, 0.1) is 18.3 Å². The van der Waals surface area contributed by atoms with Gasteiger partial charge < -0.3 is 15.0 Å². The Morgan fingerprint density at radius 1 is 1.15 bits per heavy atom. The molecule has 0 bridgehead atoms. The van der Waals surface area contributed by atoms with Crippen LogP contribution in [0.4, 0.5) is 0 Å². The molecule has 0 spiro atoms. The van der Waals surface area contributed by atoms with Crippen molar-refractivity contribution in [2.24, 2.45) is 0 Å². The zero-order valence-electron chi connectivity index (χ0n) is 14.4. The summed E-state index contributed by atoms with van der Waals surface area (Å²) in [6, 6.07) is 20.2. The highest BCUT2D eigenvalue weighted by atomic mass is 16.5. The number of H-pyrrole nitrogens is 1. The number of aromatic amines is 1. The maximum Gasteiger partial charge on any atom is 0.254 e. The van der Waals surface area contributed by atoms with Crippen LogP contribution in [0.2, 0.25) is 0 Å².